The zero-order valence-electron chi connectivity index (χ0n) is 11.1. The van der Waals surface area contributed by atoms with Gasteiger partial charge in [0.2, 0.25) is 0 Å². The third-order valence-corrected chi connectivity index (χ3v) is 4.30. The molecule has 0 amide bonds. The highest BCUT2D eigenvalue weighted by atomic mass is 32.2. The lowest BCUT2D eigenvalue weighted by molar-refractivity contribution is -0.0328. The van der Waals surface area contributed by atoms with Gasteiger partial charge in [0.05, 0.1) is 17.6 Å². The molecule has 114 valence electrons. The molecule has 1 aromatic rings. The number of alkyl halides is 3. The quantitative estimate of drug-likeness (QED) is 0.865. The number of benzene rings is 1. The SMILES string of the molecule is N#CC1(C(O)c2ccc(SC(F)(F)F)cc2)CCOCC1. The van der Waals surface area contributed by atoms with Gasteiger partial charge in [0, 0.05) is 18.1 Å². The second-order valence-electron chi connectivity index (χ2n) is 4.90. The number of hydrogen-bond donors (Lipinski definition) is 1. The first kappa shape index (κ1) is 16.1. The summed E-state index contributed by atoms with van der Waals surface area (Å²) in [5.41, 5.74) is -4.82. The molecular weight excluding hydrogens is 303 g/mol. The Morgan fingerprint density at radius 3 is 2.29 bits per heavy atom. The summed E-state index contributed by atoms with van der Waals surface area (Å²) < 4.78 is 42.0. The summed E-state index contributed by atoms with van der Waals surface area (Å²) in [6.07, 6.45) is -0.218. The van der Waals surface area contributed by atoms with Crippen molar-refractivity contribution in [1.29, 1.82) is 5.26 Å². The van der Waals surface area contributed by atoms with Crippen LogP contribution in [0.5, 0.6) is 0 Å². The molecule has 1 N–H and O–H groups in total. The number of rotatable bonds is 3. The molecule has 7 heteroatoms. The van der Waals surface area contributed by atoms with Crippen LogP contribution in [0.2, 0.25) is 0 Å². The minimum absolute atomic E-state index is 0.0523. The molecule has 1 aliphatic rings. The van der Waals surface area contributed by atoms with Crippen molar-refractivity contribution >= 4 is 11.8 Å². The van der Waals surface area contributed by atoms with Crippen LogP contribution in [0.1, 0.15) is 24.5 Å². The maximum atomic E-state index is 12.3. The van der Waals surface area contributed by atoms with Crippen molar-refractivity contribution in [3.63, 3.8) is 0 Å². The number of aliphatic hydroxyl groups is 1. The molecule has 1 fully saturated rings. The van der Waals surface area contributed by atoms with Crippen LogP contribution in [0, 0.1) is 16.7 Å². The Labute approximate surface area is 124 Å². The number of hydrogen-bond acceptors (Lipinski definition) is 4. The van der Waals surface area contributed by atoms with Gasteiger partial charge in [-0.25, -0.2) is 0 Å². The summed E-state index contributed by atoms with van der Waals surface area (Å²) in [5, 5.41) is 19.8. The summed E-state index contributed by atoms with van der Waals surface area (Å²) in [6.45, 7) is 0.791. The van der Waals surface area contributed by atoms with Gasteiger partial charge in [-0.15, -0.1) is 0 Å². The number of nitriles is 1. The van der Waals surface area contributed by atoms with Crippen LogP contribution in [0.25, 0.3) is 0 Å². The molecule has 0 bridgehead atoms. The zero-order chi connectivity index (χ0) is 15.5. The van der Waals surface area contributed by atoms with E-state index >= 15 is 0 Å². The minimum atomic E-state index is -4.34. The van der Waals surface area contributed by atoms with Gasteiger partial charge in [-0.2, -0.15) is 18.4 Å². The second kappa shape index (κ2) is 6.26. The van der Waals surface area contributed by atoms with Crippen molar-refractivity contribution in [1.82, 2.24) is 0 Å². The van der Waals surface area contributed by atoms with E-state index in [2.05, 4.69) is 6.07 Å². The van der Waals surface area contributed by atoms with Crippen molar-refractivity contribution in [3.8, 4) is 6.07 Å². The topological polar surface area (TPSA) is 53.2 Å². The third kappa shape index (κ3) is 3.90. The fraction of sp³-hybridized carbons (Fsp3) is 0.500. The molecule has 1 saturated heterocycles. The standard InChI is InChI=1S/C14H14F3NO2S/c15-14(16,17)21-11-3-1-10(2-4-11)12(19)13(9-18)5-7-20-8-6-13/h1-4,12,19H,5-8H2. The third-order valence-electron chi connectivity index (χ3n) is 3.56. The van der Waals surface area contributed by atoms with Gasteiger partial charge in [0.25, 0.3) is 0 Å². The summed E-state index contributed by atoms with van der Waals surface area (Å²) in [7, 11) is 0. The first-order chi connectivity index (χ1) is 9.86. The van der Waals surface area contributed by atoms with Crippen LogP contribution in [0.15, 0.2) is 29.2 Å². The van der Waals surface area contributed by atoms with Gasteiger partial charge < -0.3 is 9.84 Å². The van der Waals surface area contributed by atoms with Crippen LogP contribution in [-0.4, -0.2) is 23.8 Å². The predicted molar refractivity (Wildman–Crippen MR) is 71.4 cm³/mol. The van der Waals surface area contributed by atoms with Crippen molar-refractivity contribution in [2.75, 3.05) is 13.2 Å². The average molecular weight is 317 g/mol. The van der Waals surface area contributed by atoms with Crippen LogP contribution in [-0.2, 0) is 4.74 Å². The van der Waals surface area contributed by atoms with E-state index in [1.807, 2.05) is 0 Å². The van der Waals surface area contributed by atoms with E-state index in [9.17, 15) is 23.5 Å². The number of nitrogens with zero attached hydrogens (tertiary/aromatic N) is 1. The molecule has 1 aromatic carbocycles. The number of halogens is 3. The molecule has 1 aliphatic heterocycles. The second-order valence-corrected chi connectivity index (χ2v) is 6.04. The van der Waals surface area contributed by atoms with Gasteiger partial charge in [0.1, 0.15) is 0 Å². The summed E-state index contributed by atoms with van der Waals surface area (Å²) in [5.74, 6) is 0. The van der Waals surface area contributed by atoms with E-state index in [1.54, 1.807) is 0 Å². The van der Waals surface area contributed by atoms with Crippen LogP contribution in [0.4, 0.5) is 13.2 Å². The Morgan fingerprint density at radius 1 is 1.24 bits per heavy atom. The maximum absolute atomic E-state index is 12.3. The van der Waals surface area contributed by atoms with Crippen molar-refractivity contribution in [2.24, 2.45) is 5.41 Å². The molecule has 0 aliphatic carbocycles. The summed E-state index contributed by atoms with van der Waals surface area (Å²) >= 11 is -0.205. The lowest BCUT2D eigenvalue weighted by atomic mass is 9.74. The fourth-order valence-electron chi connectivity index (χ4n) is 2.35. The Morgan fingerprint density at radius 2 is 1.81 bits per heavy atom. The first-order valence-corrected chi connectivity index (χ1v) is 7.21. The van der Waals surface area contributed by atoms with Gasteiger partial charge in [-0.1, -0.05) is 12.1 Å². The molecule has 0 aromatic heterocycles. The molecule has 0 spiro atoms. The first-order valence-electron chi connectivity index (χ1n) is 6.39. The molecule has 21 heavy (non-hydrogen) atoms. The molecule has 1 unspecified atom stereocenters. The van der Waals surface area contributed by atoms with Crippen LogP contribution < -0.4 is 0 Å². The molecule has 0 saturated carbocycles. The highest BCUT2D eigenvalue weighted by Crippen LogP contribution is 2.43. The number of aliphatic hydroxyl groups excluding tert-OH is 1. The van der Waals surface area contributed by atoms with E-state index < -0.39 is 17.0 Å². The highest BCUT2D eigenvalue weighted by Gasteiger charge is 2.40. The maximum Gasteiger partial charge on any atom is 0.446 e. The van der Waals surface area contributed by atoms with Gasteiger partial charge in [0.15, 0.2) is 0 Å². The highest BCUT2D eigenvalue weighted by molar-refractivity contribution is 8.00. The Balaban J connectivity index is 2.16. The average Bonchev–Trinajstić information content (AvgIpc) is 2.46. The van der Waals surface area contributed by atoms with Gasteiger partial charge >= 0.3 is 5.51 Å². The van der Waals surface area contributed by atoms with E-state index in [0.29, 0.717) is 31.6 Å². The van der Waals surface area contributed by atoms with E-state index in [-0.39, 0.29) is 16.7 Å². The van der Waals surface area contributed by atoms with Crippen molar-refractivity contribution in [2.45, 2.75) is 29.3 Å². The molecular formula is C14H14F3NO2S. The van der Waals surface area contributed by atoms with Crippen LogP contribution >= 0.6 is 11.8 Å². The summed E-state index contributed by atoms with van der Waals surface area (Å²) in [6, 6.07) is 7.64. The largest absolute Gasteiger partial charge is 0.446 e. The monoisotopic (exact) mass is 317 g/mol. The number of thioether (sulfide) groups is 1. The molecule has 2 rings (SSSR count). The predicted octanol–water partition coefficient (Wildman–Crippen LogP) is 3.65. The van der Waals surface area contributed by atoms with E-state index in [1.165, 1.54) is 24.3 Å². The fourth-order valence-corrected chi connectivity index (χ4v) is 2.89. The molecule has 1 heterocycles. The Hall–Kier alpha value is -1.23. The lowest BCUT2D eigenvalue weighted by Crippen LogP contribution is -2.34. The molecule has 0 radical (unpaired) electrons. The minimum Gasteiger partial charge on any atom is -0.387 e. The molecule has 3 nitrogen and oxygen atoms in total. The molecule has 1 atom stereocenters. The van der Waals surface area contributed by atoms with Gasteiger partial charge in [-0.05, 0) is 42.3 Å². The van der Waals surface area contributed by atoms with Crippen molar-refractivity contribution in [3.05, 3.63) is 29.8 Å². The normalized spacial score (nSPS) is 19.8. The van der Waals surface area contributed by atoms with Gasteiger partial charge in [-0.3, -0.25) is 0 Å². The van der Waals surface area contributed by atoms with E-state index in [0.717, 1.165) is 0 Å². The Kier molecular flexibility index (Phi) is 4.81. The van der Waals surface area contributed by atoms with Crippen LogP contribution in [0.3, 0.4) is 0 Å². The Bertz CT molecular complexity index is 519. The number of ether oxygens (including phenoxy) is 1. The summed E-state index contributed by atoms with van der Waals surface area (Å²) in [4.78, 5) is 0.0523. The van der Waals surface area contributed by atoms with Crippen molar-refractivity contribution < 1.29 is 23.0 Å². The lowest BCUT2D eigenvalue weighted by Gasteiger charge is -2.35. The van der Waals surface area contributed by atoms with E-state index in [4.69, 9.17) is 4.74 Å². The zero-order valence-corrected chi connectivity index (χ0v) is 11.9. The smallest absolute Gasteiger partial charge is 0.387 e.